The highest BCUT2D eigenvalue weighted by Gasteiger charge is 2.45. The van der Waals surface area contributed by atoms with Gasteiger partial charge in [0.1, 0.15) is 23.0 Å². The molecule has 2 aromatic rings. The second kappa shape index (κ2) is 8.88. The Morgan fingerprint density at radius 3 is 2.91 bits per heavy atom. The maximum absolute atomic E-state index is 15.5. The molecule has 0 saturated heterocycles. The Labute approximate surface area is 192 Å². The SMILES string of the molecule is C=CC(=O)Nc1cnn(CC)c1-c1n[nH]c2c1CC[C@@H](C1(C)CC(OC)=CC(OC)=C1F)C2. The van der Waals surface area contributed by atoms with Gasteiger partial charge < -0.3 is 14.8 Å². The highest BCUT2D eigenvalue weighted by atomic mass is 19.1. The van der Waals surface area contributed by atoms with Gasteiger partial charge in [0.15, 0.2) is 5.76 Å². The van der Waals surface area contributed by atoms with E-state index >= 15 is 4.39 Å². The number of hydrogen-bond acceptors (Lipinski definition) is 5. The van der Waals surface area contributed by atoms with Gasteiger partial charge in [0.2, 0.25) is 5.91 Å². The summed E-state index contributed by atoms with van der Waals surface area (Å²) in [6.07, 6.45) is 7.12. The number of anilines is 1. The van der Waals surface area contributed by atoms with Crippen LogP contribution in [0.2, 0.25) is 0 Å². The van der Waals surface area contributed by atoms with Gasteiger partial charge in [-0.3, -0.25) is 14.6 Å². The number of allylic oxidation sites excluding steroid dienone is 3. The van der Waals surface area contributed by atoms with Gasteiger partial charge >= 0.3 is 0 Å². The number of fused-ring (bicyclic) bond motifs is 1. The average molecular weight is 456 g/mol. The summed E-state index contributed by atoms with van der Waals surface area (Å²) in [5, 5.41) is 15.0. The van der Waals surface area contributed by atoms with Crippen molar-refractivity contribution in [3.8, 4) is 11.4 Å². The largest absolute Gasteiger partial charge is 0.501 e. The predicted molar refractivity (Wildman–Crippen MR) is 123 cm³/mol. The van der Waals surface area contributed by atoms with E-state index in [9.17, 15) is 4.79 Å². The minimum absolute atomic E-state index is 0.0401. The van der Waals surface area contributed by atoms with Gasteiger partial charge in [-0.15, -0.1) is 0 Å². The number of amides is 1. The summed E-state index contributed by atoms with van der Waals surface area (Å²) in [6, 6.07) is 0. The van der Waals surface area contributed by atoms with Crippen LogP contribution in [0.1, 0.15) is 37.9 Å². The number of halogens is 1. The van der Waals surface area contributed by atoms with Gasteiger partial charge in [0.05, 0.1) is 26.1 Å². The number of methoxy groups -OCH3 is 2. The van der Waals surface area contributed by atoms with Gasteiger partial charge in [-0.05, 0) is 38.2 Å². The van der Waals surface area contributed by atoms with Gasteiger partial charge in [0, 0.05) is 35.7 Å². The number of aromatic nitrogens is 4. The smallest absolute Gasteiger partial charge is 0.247 e. The number of H-pyrrole nitrogens is 1. The van der Waals surface area contributed by atoms with Gasteiger partial charge in [-0.1, -0.05) is 13.5 Å². The molecule has 0 aromatic carbocycles. The Morgan fingerprint density at radius 2 is 2.24 bits per heavy atom. The van der Waals surface area contributed by atoms with Crippen molar-refractivity contribution < 1.29 is 18.7 Å². The van der Waals surface area contributed by atoms with E-state index in [1.165, 1.54) is 13.2 Å². The molecule has 0 saturated carbocycles. The second-order valence-electron chi connectivity index (χ2n) is 8.68. The van der Waals surface area contributed by atoms with Crippen molar-refractivity contribution in [3.63, 3.8) is 0 Å². The first-order chi connectivity index (χ1) is 15.9. The maximum atomic E-state index is 15.5. The molecule has 2 heterocycles. The lowest BCUT2D eigenvalue weighted by molar-refractivity contribution is -0.111. The van der Waals surface area contributed by atoms with E-state index in [-0.39, 0.29) is 23.4 Å². The summed E-state index contributed by atoms with van der Waals surface area (Å²) in [5.74, 6) is 0.433. The van der Waals surface area contributed by atoms with Crippen LogP contribution in [0, 0.1) is 11.3 Å². The number of nitrogens with one attached hydrogen (secondary N) is 2. The maximum Gasteiger partial charge on any atom is 0.247 e. The molecule has 176 valence electrons. The number of carbonyl (C=O) groups is 1. The summed E-state index contributed by atoms with van der Waals surface area (Å²) in [7, 11) is 3.08. The molecule has 8 nitrogen and oxygen atoms in total. The molecule has 4 rings (SSSR count). The molecule has 0 fully saturated rings. The third kappa shape index (κ3) is 3.85. The zero-order chi connectivity index (χ0) is 23.8. The molecular formula is C24H30FN5O3. The van der Waals surface area contributed by atoms with E-state index in [4.69, 9.17) is 9.47 Å². The van der Waals surface area contributed by atoms with E-state index in [1.807, 2.05) is 18.5 Å². The summed E-state index contributed by atoms with van der Waals surface area (Å²) < 4.78 is 28.1. The number of aryl methyl sites for hydroxylation is 1. The van der Waals surface area contributed by atoms with E-state index in [1.54, 1.807) is 19.4 Å². The number of ether oxygens (including phenoxy) is 2. The van der Waals surface area contributed by atoms with Crippen molar-refractivity contribution in [1.29, 1.82) is 0 Å². The van der Waals surface area contributed by atoms with Gasteiger partial charge in [-0.2, -0.15) is 10.2 Å². The number of aromatic amines is 1. The fourth-order valence-corrected chi connectivity index (χ4v) is 4.98. The molecule has 2 aliphatic carbocycles. The highest BCUT2D eigenvalue weighted by Crippen LogP contribution is 2.51. The van der Waals surface area contributed by atoms with Crippen LogP contribution >= 0.6 is 0 Å². The van der Waals surface area contributed by atoms with Crippen LogP contribution in [-0.4, -0.2) is 40.1 Å². The van der Waals surface area contributed by atoms with Crippen molar-refractivity contribution in [3.05, 3.63) is 53.5 Å². The van der Waals surface area contributed by atoms with Gasteiger partial charge in [-0.25, -0.2) is 4.39 Å². The molecule has 2 aromatic heterocycles. The molecule has 2 N–H and O–H groups in total. The van der Waals surface area contributed by atoms with Crippen molar-refractivity contribution >= 4 is 11.6 Å². The Bertz CT molecular complexity index is 1150. The lowest BCUT2D eigenvalue weighted by Crippen LogP contribution is -2.35. The molecule has 0 aliphatic heterocycles. The number of hydrogen-bond donors (Lipinski definition) is 2. The standard InChI is InChI=1S/C24H30FN5O3/c1-6-20(31)27-18-13-26-30(7-2)22(18)21-16-9-8-14(10-17(16)28-29-21)24(3)12-15(32-4)11-19(33-5)23(24)25/h6,11,13-14H,1,7-10,12H2,2-5H3,(H,27,31)(H,28,29)/t14-,24?/m1/s1. The van der Waals surface area contributed by atoms with Crippen LogP contribution in [0.3, 0.4) is 0 Å². The first-order valence-electron chi connectivity index (χ1n) is 11.1. The molecule has 1 unspecified atom stereocenters. The number of rotatable bonds is 7. The molecule has 0 spiro atoms. The van der Waals surface area contributed by atoms with Crippen LogP contribution in [0.5, 0.6) is 0 Å². The van der Waals surface area contributed by atoms with Crippen molar-refractivity contribution in [1.82, 2.24) is 20.0 Å². The third-order valence-electron chi connectivity index (χ3n) is 6.89. The molecule has 9 heteroatoms. The molecule has 2 atom stereocenters. The Kier molecular flexibility index (Phi) is 6.14. The quantitative estimate of drug-likeness (QED) is 0.608. The van der Waals surface area contributed by atoms with E-state index < -0.39 is 5.41 Å². The van der Waals surface area contributed by atoms with Crippen LogP contribution in [0.4, 0.5) is 10.1 Å². The minimum Gasteiger partial charge on any atom is -0.501 e. The average Bonchev–Trinajstić information content (AvgIpc) is 3.43. The monoisotopic (exact) mass is 455 g/mol. The third-order valence-corrected chi connectivity index (χ3v) is 6.89. The Morgan fingerprint density at radius 1 is 1.45 bits per heavy atom. The van der Waals surface area contributed by atoms with Crippen molar-refractivity contribution in [2.24, 2.45) is 11.3 Å². The van der Waals surface area contributed by atoms with E-state index in [0.29, 0.717) is 30.8 Å². The molecular weight excluding hydrogens is 425 g/mol. The number of carbonyl (C=O) groups excluding carboxylic acids is 1. The Balaban J connectivity index is 1.67. The van der Waals surface area contributed by atoms with Crippen LogP contribution in [0.25, 0.3) is 11.4 Å². The highest BCUT2D eigenvalue weighted by molar-refractivity contribution is 6.01. The molecule has 33 heavy (non-hydrogen) atoms. The Hall–Kier alpha value is -3.36. The van der Waals surface area contributed by atoms with Crippen LogP contribution in [-0.2, 0) is 33.7 Å². The van der Waals surface area contributed by atoms with Crippen LogP contribution < -0.4 is 5.32 Å². The zero-order valence-electron chi connectivity index (χ0n) is 19.5. The number of nitrogens with zero attached hydrogens (tertiary/aromatic N) is 3. The summed E-state index contributed by atoms with van der Waals surface area (Å²) in [5.41, 5.74) is 3.43. The molecule has 2 aliphatic rings. The normalized spacial score (nSPS) is 22.5. The first-order valence-corrected chi connectivity index (χ1v) is 11.1. The minimum atomic E-state index is -0.733. The summed E-state index contributed by atoms with van der Waals surface area (Å²) in [6.45, 7) is 8.07. The molecule has 0 bridgehead atoms. The summed E-state index contributed by atoms with van der Waals surface area (Å²) in [4.78, 5) is 11.9. The topological polar surface area (TPSA) is 94.1 Å². The molecule has 0 radical (unpaired) electrons. The van der Waals surface area contributed by atoms with E-state index in [2.05, 4.69) is 27.2 Å². The summed E-state index contributed by atoms with van der Waals surface area (Å²) >= 11 is 0. The molecule has 1 amide bonds. The lowest BCUT2D eigenvalue weighted by atomic mass is 9.65. The van der Waals surface area contributed by atoms with Crippen molar-refractivity contribution in [2.75, 3.05) is 19.5 Å². The fourth-order valence-electron chi connectivity index (χ4n) is 4.98. The predicted octanol–water partition coefficient (Wildman–Crippen LogP) is 4.29. The first kappa shape index (κ1) is 22.8. The second-order valence-corrected chi connectivity index (χ2v) is 8.68. The lowest BCUT2D eigenvalue weighted by Gasteiger charge is -2.41. The van der Waals surface area contributed by atoms with Crippen LogP contribution in [0.15, 0.2) is 42.3 Å². The zero-order valence-corrected chi connectivity index (χ0v) is 19.5. The fraction of sp³-hybridized carbons (Fsp3) is 0.458. The van der Waals surface area contributed by atoms with Gasteiger partial charge in [0.25, 0.3) is 0 Å². The van der Waals surface area contributed by atoms with E-state index in [0.717, 1.165) is 35.5 Å². The van der Waals surface area contributed by atoms with Crippen molar-refractivity contribution in [2.45, 2.75) is 46.1 Å².